The van der Waals surface area contributed by atoms with Crippen molar-refractivity contribution in [2.75, 3.05) is 5.73 Å². The molecule has 94 valence electrons. The minimum absolute atomic E-state index is 0.0645. The van der Waals surface area contributed by atoms with Crippen LogP contribution in [-0.2, 0) is 6.18 Å². The number of nitrogens with zero attached hydrogens (tertiary/aromatic N) is 2. The second kappa shape index (κ2) is 4.25. The standard InChI is InChI=1S/C11H7F4N3/c12-8-2-1-6(5-7(8)11(13,14)15)9-3-4-17-10(16)18-9/h1-5H,(H2,16,17,18). The smallest absolute Gasteiger partial charge is 0.368 e. The molecule has 0 aliphatic carbocycles. The summed E-state index contributed by atoms with van der Waals surface area (Å²) in [5, 5.41) is 0. The van der Waals surface area contributed by atoms with Crippen molar-refractivity contribution in [1.29, 1.82) is 0 Å². The number of alkyl halides is 3. The minimum Gasteiger partial charge on any atom is -0.368 e. The van der Waals surface area contributed by atoms with Crippen molar-refractivity contribution in [3.05, 3.63) is 41.8 Å². The van der Waals surface area contributed by atoms with Gasteiger partial charge in [0, 0.05) is 11.8 Å². The minimum atomic E-state index is -4.75. The van der Waals surface area contributed by atoms with Gasteiger partial charge in [0.1, 0.15) is 5.82 Å². The molecular weight excluding hydrogens is 250 g/mol. The number of nitrogen functional groups attached to an aromatic ring is 1. The molecule has 7 heteroatoms. The van der Waals surface area contributed by atoms with Crippen LogP contribution in [0.1, 0.15) is 5.56 Å². The fraction of sp³-hybridized carbons (Fsp3) is 0.0909. The first kappa shape index (κ1) is 12.3. The molecule has 0 aliphatic heterocycles. The van der Waals surface area contributed by atoms with E-state index in [1.165, 1.54) is 18.3 Å². The summed E-state index contributed by atoms with van der Waals surface area (Å²) in [4.78, 5) is 7.40. The van der Waals surface area contributed by atoms with E-state index in [9.17, 15) is 17.6 Å². The van der Waals surface area contributed by atoms with Crippen LogP contribution >= 0.6 is 0 Å². The zero-order chi connectivity index (χ0) is 13.3. The average molecular weight is 257 g/mol. The molecule has 0 saturated carbocycles. The van der Waals surface area contributed by atoms with Crippen LogP contribution in [0.15, 0.2) is 30.5 Å². The van der Waals surface area contributed by atoms with Gasteiger partial charge in [-0.15, -0.1) is 0 Å². The van der Waals surface area contributed by atoms with Crippen LogP contribution in [0, 0.1) is 5.82 Å². The highest BCUT2D eigenvalue weighted by Crippen LogP contribution is 2.33. The molecule has 3 nitrogen and oxygen atoms in total. The highest BCUT2D eigenvalue weighted by atomic mass is 19.4. The quantitative estimate of drug-likeness (QED) is 0.799. The fourth-order valence-corrected chi connectivity index (χ4v) is 1.44. The van der Waals surface area contributed by atoms with Crippen molar-refractivity contribution >= 4 is 5.95 Å². The summed E-state index contributed by atoms with van der Waals surface area (Å²) < 4.78 is 50.7. The van der Waals surface area contributed by atoms with Crippen molar-refractivity contribution in [1.82, 2.24) is 9.97 Å². The fourth-order valence-electron chi connectivity index (χ4n) is 1.44. The van der Waals surface area contributed by atoms with Crippen LogP contribution in [0.2, 0.25) is 0 Å². The summed E-state index contributed by atoms with van der Waals surface area (Å²) in [5.74, 6) is -1.39. The van der Waals surface area contributed by atoms with E-state index >= 15 is 0 Å². The molecular formula is C11H7F4N3. The molecule has 1 aromatic carbocycles. The van der Waals surface area contributed by atoms with E-state index in [0.717, 1.165) is 6.07 Å². The highest BCUT2D eigenvalue weighted by molar-refractivity contribution is 5.61. The SMILES string of the molecule is Nc1nccc(-c2ccc(F)c(C(F)(F)F)c2)n1. The summed E-state index contributed by atoms with van der Waals surface area (Å²) in [6, 6.07) is 4.03. The van der Waals surface area contributed by atoms with Crippen molar-refractivity contribution in [2.45, 2.75) is 6.18 Å². The lowest BCUT2D eigenvalue weighted by Gasteiger charge is -2.09. The molecule has 0 unspecified atom stereocenters. The zero-order valence-electron chi connectivity index (χ0n) is 8.87. The zero-order valence-corrected chi connectivity index (χ0v) is 8.87. The Kier molecular flexibility index (Phi) is 2.90. The van der Waals surface area contributed by atoms with Gasteiger partial charge in [-0.1, -0.05) is 0 Å². The molecule has 0 bridgehead atoms. The molecule has 0 amide bonds. The van der Waals surface area contributed by atoms with Crippen molar-refractivity contribution in [2.24, 2.45) is 0 Å². The Balaban J connectivity index is 2.54. The van der Waals surface area contributed by atoms with Crippen molar-refractivity contribution < 1.29 is 17.6 Å². The van der Waals surface area contributed by atoms with Crippen LogP contribution < -0.4 is 5.73 Å². The Morgan fingerprint density at radius 1 is 1.11 bits per heavy atom. The van der Waals surface area contributed by atoms with E-state index in [0.29, 0.717) is 6.07 Å². The van der Waals surface area contributed by atoms with Gasteiger partial charge in [-0.25, -0.2) is 14.4 Å². The molecule has 0 saturated heterocycles. The first-order chi connectivity index (χ1) is 8.38. The van der Waals surface area contributed by atoms with Gasteiger partial charge in [-0.05, 0) is 24.3 Å². The number of hydrogen-bond donors (Lipinski definition) is 1. The molecule has 0 radical (unpaired) electrons. The largest absolute Gasteiger partial charge is 0.419 e. The summed E-state index contributed by atoms with van der Waals surface area (Å²) in [5.41, 5.74) is 4.32. The Hall–Kier alpha value is -2.18. The summed E-state index contributed by atoms with van der Waals surface area (Å²) in [7, 11) is 0. The first-order valence-electron chi connectivity index (χ1n) is 4.83. The van der Waals surface area contributed by atoms with E-state index in [4.69, 9.17) is 5.73 Å². The maximum Gasteiger partial charge on any atom is 0.419 e. The Morgan fingerprint density at radius 3 is 2.44 bits per heavy atom. The van der Waals surface area contributed by atoms with Gasteiger partial charge in [0.2, 0.25) is 5.95 Å². The number of halogens is 4. The normalized spacial score (nSPS) is 11.6. The Morgan fingerprint density at radius 2 is 1.83 bits per heavy atom. The summed E-state index contributed by atoms with van der Waals surface area (Å²) in [6.45, 7) is 0. The second-order valence-corrected chi connectivity index (χ2v) is 3.49. The van der Waals surface area contributed by atoms with E-state index in [-0.39, 0.29) is 17.2 Å². The highest BCUT2D eigenvalue weighted by Gasteiger charge is 2.34. The molecule has 2 rings (SSSR count). The van der Waals surface area contributed by atoms with Crippen LogP contribution in [0.5, 0.6) is 0 Å². The molecule has 1 heterocycles. The van der Waals surface area contributed by atoms with Crippen molar-refractivity contribution in [3.8, 4) is 11.3 Å². The molecule has 0 fully saturated rings. The number of aromatic nitrogens is 2. The van der Waals surface area contributed by atoms with Crippen LogP contribution in [0.25, 0.3) is 11.3 Å². The molecule has 2 aromatic rings. The van der Waals surface area contributed by atoms with Gasteiger partial charge >= 0.3 is 6.18 Å². The lowest BCUT2D eigenvalue weighted by molar-refractivity contribution is -0.139. The van der Waals surface area contributed by atoms with E-state index in [1.54, 1.807) is 0 Å². The lowest BCUT2D eigenvalue weighted by atomic mass is 10.1. The van der Waals surface area contributed by atoms with Gasteiger partial charge in [-0.2, -0.15) is 13.2 Å². The molecule has 18 heavy (non-hydrogen) atoms. The third-order valence-electron chi connectivity index (χ3n) is 2.24. The maximum atomic E-state index is 13.1. The van der Waals surface area contributed by atoms with Gasteiger partial charge < -0.3 is 5.73 Å². The lowest BCUT2D eigenvalue weighted by Crippen LogP contribution is -2.08. The first-order valence-corrected chi connectivity index (χ1v) is 4.83. The Labute approximate surface area is 99.3 Å². The number of nitrogens with two attached hydrogens (primary N) is 1. The van der Waals surface area contributed by atoms with E-state index in [1.807, 2.05) is 0 Å². The number of anilines is 1. The monoisotopic (exact) mass is 257 g/mol. The molecule has 1 aromatic heterocycles. The number of benzene rings is 1. The number of hydrogen-bond acceptors (Lipinski definition) is 3. The third-order valence-corrected chi connectivity index (χ3v) is 2.24. The Bertz CT molecular complexity index is 581. The predicted octanol–water partition coefficient (Wildman–Crippen LogP) is 2.88. The molecule has 0 spiro atoms. The van der Waals surface area contributed by atoms with Crippen LogP contribution in [-0.4, -0.2) is 9.97 Å². The predicted molar refractivity (Wildman–Crippen MR) is 56.8 cm³/mol. The van der Waals surface area contributed by atoms with Crippen molar-refractivity contribution in [3.63, 3.8) is 0 Å². The van der Waals surface area contributed by atoms with Crippen LogP contribution in [0.4, 0.5) is 23.5 Å². The van der Waals surface area contributed by atoms with Gasteiger partial charge in [0.05, 0.1) is 11.3 Å². The topological polar surface area (TPSA) is 51.8 Å². The van der Waals surface area contributed by atoms with E-state index < -0.39 is 17.6 Å². The summed E-state index contributed by atoms with van der Waals surface area (Å²) in [6.07, 6.45) is -3.44. The van der Waals surface area contributed by atoms with Gasteiger partial charge in [0.25, 0.3) is 0 Å². The maximum absolute atomic E-state index is 13.1. The number of rotatable bonds is 1. The summed E-state index contributed by atoms with van der Waals surface area (Å²) >= 11 is 0. The van der Waals surface area contributed by atoms with E-state index in [2.05, 4.69) is 9.97 Å². The third kappa shape index (κ3) is 2.39. The second-order valence-electron chi connectivity index (χ2n) is 3.49. The van der Waals surface area contributed by atoms with Gasteiger partial charge in [-0.3, -0.25) is 0 Å². The van der Waals surface area contributed by atoms with Gasteiger partial charge in [0.15, 0.2) is 0 Å². The average Bonchev–Trinajstić information content (AvgIpc) is 2.28. The van der Waals surface area contributed by atoms with Crippen LogP contribution in [0.3, 0.4) is 0 Å². The molecule has 2 N–H and O–H groups in total. The molecule has 0 aliphatic rings. The molecule has 0 atom stereocenters.